The standard InChI is InChI=1S/C23H23NO3S.C15H14O2.C13H14N2O2S/c1-17-7-11-19(12-8-17)15-21(25)16-20-5-3-4-6-23(20)24-28(26,27)22-13-9-18(2)10-14-22;1-12-7-9-13(10-8-12)11-15(16)17-14-5-3-2-4-6-14;1-10-6-8-11(9-7-10)18(16,17)15-13-5-3-2-4-12(13)14/h3-14,24H,15-16H2,1-2H3;2-10H,11H2,1H3;2-9,15H,14H2,1H3. The summed E-state index contributed by atoms with van der Waals surface area (Å²) in [5, 5.41) is 0. The van der Waals surface area contributed by atoms with Crippen molar-refractivity contribution in [2.24, 2.45) is 0 Å². The van der Waals surface area contributed by atoms with Gasteiger partial charge >= 0.3 is 5.97 Å². The van der Waals surface area contributed by atoms with Crippen molar-refractivity contribution in [3.63, 3.8) is 0 Å². The smallest absolute Gasteiger partial charge is 0.315 e. The molecule has 0 aliphatic rings. The Balaban J connectivity index is 0.000000187. The van der Waals surface area contributed by atoms with Crippen molar-refractivity contribution in [2.75, 3.05) is 15.2 Å². The van der Waals surface area contributed by atoms with E-state index in [0.717, 1.165) is 27.8 Å². The lowest BCUT2D eigenvalue weighted by Crippen LogP contribution is -2.15. The number of hydrogen-bond acceptors (Lipinski definition) is 8. The first-order valence-electron chi connectivity index (χ1n) is 20.1. The molecule has 0 saturated heterocycles. The summed E-state index contributed by atoms with van der Waals surface area (Å²) in [5.74, 6) is 0.385. The number of aryl methyl sites for hydroxylation is 4. The Kier molecular flexibility index (Phi) is 16.6. The lowest BCUT2D eigenvalue weighted by atomic mass is 10.0. The lowest BCUT2D eigenvalue weighted by molar-refractivity contribution is -0.133. The first-order chi connectivity index (χ1) is 30.1. The number of ether oxygens (including phenoxy) is 1. The number of nitrogen functional groups attached to an aromatic ring is 1. The second-order valence-electron chi connectivity index (χ2n) is 14.9. The maximum absolute atomic E-state index is 12.7. The van der Waals surface area contributed by atoms with Gasteiger partial charge in [-0.2, -0.15) is 0 Å². The molecule has 324 valence electrons. The fourth-order valence-electron chi connectivity index (χ4n) is 5.94. The quantitative estimate of drug-likeness (QED) is 0.0586. The van der Waals surface area contributed by atoms with Crippen molar-refractivity contribution in [3.05, 3.63) is 215 Å². The van der Waals surface area contributed by atoms with E-state index in [1.54, 1.807) is 109 Å². The number of carbonyl (C=O) groups is 2. The number of carbonyl (C=O) groups excluding carboxylic acids is 2. The molecule has 0 amide bonds. The average Bonchev–Trinajstić information content (AvgIpc) is 3.25. The monoisotopic (exact) mass is 881 g/mol. The molecule has 0 atom stereocenters. The molecule has 7 rings (SSSR count). The second kappa shape index (κ2) is 22.2. The summed E-state index contributed by atoms with van der Waals surface area (Å²) in [6.45, 7) is 7.83. The molecule has 7 aromatic carbocycles. The molecule has 0 radical (unpaired) electrons. The van der Waals surface area contributed by atoms with Crippen LogP contribution in [0.2, 0.25) is 0 Å². The SMILES string of the molecule is Cc1ccc(CC(=O)Cc2ccccc2NS(=O)(=O)c2ccc(C)cc2)cc1.Cc1ccc(CC(=O)Oc2ccccc2)cc1.Cc1ccc(S(=O)(=O)Nc2ccccc2N)cc1. The highest BCUT2D eigenvalue weighted by molar-refractivity contribution is 7.93. The first kappa shape index (κ1) is 47.0. The minimum Gasteiger partial charge on any atom is -0.426 e. The van der Waals surface area contributed by atoms with Gasteiger partial charge in [-0.05, 0) is 99.0 Å². The molecule has 0 bridgehead atoms. The van der Waals surface area contributed by atoms with Gasteiger partial charge in [0.05, 0.1) is 33.3 Å². The fraction of sp³-hybridized carbons (Fsp3) is 0.137. The van der Waals surface area contributed by atoms with Crippen molar-refractivity contribution in [2.45, 2.75) is 56.7 Å². The fourth-order valence-corrected chi connectivity index (χ4v) is 8.13. The molecular weight excluding hydrogens is 831 g/mol. The molecule has 0 fully saturated rings. The van der Waals surface area contributed by atoms with Crippen LogP contribution in [-0.4, -0.2) is 28.6 Å². The molecule has 63 heavy (non-hydrogen) atoms. The zero-order valence-electron chi connectivity index (χ0n) is 35.6. The molecule has 12 heteroatoms. The maximum atomic E-state index is 12.7. The van der Waals surface area contributed by atoms with Crippen LogP contribution in [0.3, 0.4) is 0 Å². The minimum atomic E-state index is -3.71. The summed E-state index contributed by atoms with van der Waals surface area (Å²) in [5.41, 5.74) is 13.8. The molecule has 7 aromatic rings. The van der Waals surface area contributed by atoms with Gasteiger partial charge in [0.15, 0.2) is 0 Å². The third-order valence-corrected chi connectivity index (χ3v) is 12.2. The third-order valence-electron chi connectivity index (χ3n) is 9.48. The number of ketones is 1. The summed E-state index contributed by atoms with van der Waals surface area (Å²) < 4.78 is 59.9. The normalized spacial score (nSPS) is 10.9. The zero-order valence-corrected chi connectivity index (χ0v) is 37.2. The number of Topliss-reactive ketones (excluding diaryl/α,β-unsaturated/α-hetero) is 1. The highest BCUT2D eigenvalue weighted by Gasteiger charge is 2.18. The molecule has 4 N–H and O–H groups in total. The number of nitrogens with two attached hydrogens (primary N) is 1. The molecule has 0 spiro atoms. The highest BCUT2D eigenvalue weighted by Crippen LogP contribution is 2.23. The Morgan fingerprint density at radius 3 is 1.35 bits per heavy atom. The molecule has 0 unspecified atom stereocenters. The Labute approximate surface area is 370 Å². The van der Waals surface area contributed by atoms with Gasteiger partial charge in [0.1, 0.15) is 11.5 Å². The van der Waals surface area contributed by atoms with Crippen molar-refractivity contribution < 1.29 is 31.2 Å². The maximum Gasteiger partial charge on any atom is 0.315 e. The number of esters is 1. The average molecular weight is 882 g/mol. The Hall–Kier alpha value is -7.02. The van der Waals surface area contributed by atoms with Gasteiger partial charge in [-0.25, -0.2) is 16.8 Å². The number of nitrogens with one attached hydrogen (secondary N) is 2. The van der Waals surface area contributed by atoms with E-state index in [9.17, 15) is 26.4 Å². The molecule has 0 aliphatic heterocycles. The van der Waals surface area contributed by atoms with Crippen LogP contribution >= 0.6 is 0 Å². The van der Waals surface area contributed by atoms with Crippen LogP contribution < -0.4 is 19.9 Å². The number of para-hydroxylation sites is 4. The molecular formula is C51H51N3O7S2. The molecule has 0 saturated carbocycles. The largest absolute Gasteiger partial charge is 0.426 e. The summed E-state index contributed by atoms with van der Waals surface area (Å²) in [4.78, 5) is 24.6. The van der Waals surface area contributed by atoms with E-state index in [4.69, 9.17) is 10.5 Å². The summed E-state index contributed by atoms with van der Waals surface area (Å²) >= 11 is 0. The van der Waals surface area contributed by atoms with Gasteiger partial charge in [-0.3, -0.25) is 19.0 Å². The van der Waals surface area contributed by atoms with Crippen molar-refractivity contribution in [3.8, 4) is 5.75 Å². The summed E-state index contributed by atoms with van der Waals surface area (Å²) in [7, 11) is -7.30. The number of anilines is 3. The minimum absolute atomic E-state index is 0.0332. The van der Waals surface area contributed by atoms with E-state index >= 15 is 0 Å². The van der Waals surface area contributed by atoms with Crippen molar-refractivity contribution in [1.82, 2.24) is 0 Å². The van der Waals surface area contributed by atoms with Gasteiger partial charge in [-0.15, -0.1) is 0 Å². The number of sulfonamides is 2. The number of benzene rings is 7. The molecule has 0 aromatic heterocycles. The van der Waals surface area contributed by atoms with Crippen LogP contribution in [0.1, 0.15) is 38.9 Å². The predicted molar refractivity (Wildman–Crippen MR) is 252 cm³/mol. The second-order valence-corrected chi connectivity index (χ2v) is 18.3. The van der Waals surface area contributed by atoms with Crippen LogP contribution in [0.4, 0.5) is 17.1 Å². The van der Waals surface area contributed by atoms with E-state index in [1.165, 1.54) is 5.56 Å². The Morgan fingerprint density at radius 1 is 0.460 bits per heavy atom. The van der Waals surface area contributed by atoms with Gasteiger partial charge < -0.3 is 10.5 Å². The molecule has 0 aliphatic carbocycles. The topological polar surface area (TPSA) is 162 Å². The van der Waals surface area contributed by atoms with Crippen LogP contribution in [0.25, 0.3) is 0 Å². The van der Waals surface area contributed by atoms with Crippen LogP contribution in [0, 0.1) is 27.7 Å². The van der Waals surface area contributed by atoms with E-state index in [2.05, 4.69) is 9.44 Å². The highest BCUT2D eigenvalue weighted by atomic mass is 32.2. The van der Waals surface area contributed by atoms with E-state index in [-0.39, 0.29) is 28.0 Å². The number of hydrogen-bond donors (Lipinski definition) is 3. The Morgan fingerprint density at radius 2 is 0.857 bits per heavy atom. The third kappa shape index (κ3) is 15.1. The van der Waals surface area contributed by atoms with Gasteiger partial charge in [0.2, 0.25) is 0 Å². The van der Waals surface area contributed by atoms with Gasteiger partial charge in [0, 0.05) is 12.8 Å². The van der Waals surface area contributed by atoms with Crippen molar-refractivity contribution >= 4 is 48.9 Å². The lowest BCUT2D eigenvalue weighted by Gasteiger charge is -2.13. The van der Waals surface area contributed by atoms with Crippen LogP contribution in [0.5, 0.6) is 5.75 Å². The number of rotatable bonds is 13. The predicted octanol–water partition coefficient (Wildman–Crippen LogP) is 9.98. The summed E-state index contributed by atoms with van der Waals surface area (Å²) in [6.07, 6.45) is 0.787. The molecule has 10 nitrogen and oxygen atoms in total. The van der Waals surface area contributed by atoms with E-state index in [0.29, 0.717) is 41.2 Å². The zero-order chi connectivity index (χ0) is 45.4. The summed E-state index contributed by atoms with van der Waals surface area (Å²) in [6, 6.07) is 51.9. The van der Waals surface area contributed by atoms with Gasteiger partial charge in [-0.1, -0.05) is 144 Å². The van der Waals surface area contributed by atoms with Crippen LogP contribution in [0.15, 0.2) is 186 Å². The van der Waals surface area contributed by atoms with Crippen LogP contribution in [-0.2, 0) is 48.9 Å². The van der Waals surface area contributed by atoms with Gasteiger partial charge in [0.25, 0.3) is 20.0 Å². The van der Waals surface area contributed by atoms with Crippen molar-refractivity contribution in [1.29, 1.82) is 0 Å². The van der Waals surface area contributed by atoms with E-state index in [1.807, 2.05) is 94.4 Å². The Bertz CT molecular complexity index is 2810. The first-order valence-corrected chi connectivity index (χ1v) is 23.0. The van der Waals surface area contributed by atoms with E-state index < -0.39 is 20.0 Å². The molecule has 0 heterocycles.